The first-order valence-electron chi connectivity index (χ1n) is 5.11. The summed E-state index contributed by atoms with van der Waals surface area (Å²) < 4.78 is 5.06. The Morgan fingerprint density at radius 1 is 1.14 bits per heavy atom. The molecule has 1 rings (SSSR count). The fraction of sp³-hybridized carbons (Fsp3) is 0.385. The second-order valence-corrected chi connectivity index (χ2v) is 2.62. The summed E-state index contributed by atoms with van der Waals surface area (Å²) in [6.45, 7) is 6.03. The van der Waals surface area contributed by atoms with Gasteiger partial charge in [-0.1, -0.05) is 38.1 Å². The first-order valence-corrected chi connectivity index (χ1v) is 5.11. The summed E-state index contributed by atoms with van der Waals surface area (Å²) in [5.74, 6) is 0.916. The van der Waals surface area contributed by atoms with Crippen LogP contribution in [0.1, 0.15) is 26.3 Å². The van der Waals surface area contributed by atoms with Crippen molar-refractivity contribution in [1.29, 1.82) is 0 Å². The molecule has 0 saturated heterocycles. The molecule has 0 bridgehead atoms. The van der Waals surface area contributed by atoms with Gasteiger partial charge in [-0.05, 0) is 31.0 Å². The predicted molar refractivity (Wildman–Crippen MR) is 62.9 cm³/mol. The first kappa shape index (κ1) is 12.8. The summed E-state index contributed by atoms with van der Waals surface area (Å²) in [6, 6.07) is 8.13. The Kier molecular flexibility index (Phi) is 7.62. The minimum absolute atomic E-state index is 0.916. The quantitative estimate of drug-likeness (QED) is 0.661. The summed E-state index contributed by atoms with van der Waals surface area (Å²) in [6.07, 6.45) is 5.20. The van der Waals surface area contributed by atoms with Crippen molar-refractivity contribution in [3.63, 3.8) is 0 Å². The Morgan fingerprint density at radius 3 is 2.14 bits per heavy atom. The zero-order valence-electron chi connectivity index (χ0n) is 9.58. The van der Waals surface area contributed by atoms with E-state index < -0.39 is 0 Å². The summed E-state index contributed by atoms with van der Waals surface area (Å²) in [7, 11) is 1.68. The molecule has 14 heavy (non-hydrogen) atoms. The van der Waals surface area contributed by atoms with Crippen LogP contribution >= 0.6 is 0 Å². The second-order valence-electron chi connectivity index (χ2n) is 2.62. The number of allylic oxidation sites excluding steroid dienone is 2. The molecule has 1 nitrogen and oxygen atoms in total. The molecule has 0 aromatic heterocycles. The molecule has 1 aromatic carbocycles. The van der Waals surface area contributed by atoms with E-state index in [-0.39, 0.29) is 0 Å². The van der Waals surface area contributed by atoms with Gasteiger partial charge in [-0.2, -0.15) is 0 Å². The second kappa shape index (κ2) is 8.36. The molecule has 0 atom stereocenters. The molecule has 0 amide bonds. The maximum Gasteiger partial charge on any atom is 0.118 e. The van der Waals surface area contributed by atoms with E-state index in [9.17, 15) is 0 Å². The minimum Gasteiger partial charge on any atom is -0.497 e. The highest BCUT2D eigenvalue weighted by Crippen LogP contribution is 2.11. The number of rotatable bonds is 3. The monoisotopic (exact) mass is 192 g/mol. The lowest BCUT2D eigenvalue weighted by molar-refractivity contribution is 0.414. The van der Waals surface area contributed by atoms with E-state index in [4.69, 9.17) is 4.74 Å². The van der Waals surface area contributed by atoms with Crippen LogP contribution in [0.25, 0.3) is 0 Å². The predicted octanol–water partition coefficient (Wildman–Crippen LogP) is 3.84. The van der Waals surface area contributed by atoms with Crippen LogP contribution in [0, 0.1) is 0 Å². The van der Waals surface area contributed by atoms with Crippen molar-refractivity contribution in [2.45, 2.75) is 27.2 Å². The van der Waals surface area contributed by atoms with Gasteiger partial charge >= 0.3 is 0 Å². The number of ether oxygens (including phenoxy) is 1. The third kappa shape index (κ3) is 4.70. The van der Waals surface area contributed by atoms with Crippen LogP contribution in [0.3, 0.4) is 0 Å². The third-order valence-corrected chi connectivity index (χ3v) is 1.75. The Balaban J connectivity index is 0.000000791. The zero-order chi connectivity index (χ0) is 10.8. The van der Waals surface area contributed by atoms with E-state index in [1.807, 2.05) is 32.9 Å². The van der Waals surface area contributed by atoms with Crippen molar-refractivity contribution >= 4 is 0 Å². The van der Waals surface area contributed by atoms with E-state index in [2.05, 4.69) is 24.3 Å². The third-order valence-electron chi connectivity index (χ3n) is 1.75. The van der Waals surface area contributed by atoms with E-state index in [0.717, 1.165) is 12.2 Å². The average molecular weight is 192 g/mol. The molecule has 0 unspecified atom stereocenters. The minimum atomic E-state index is 0.916. The van der Waals surface area contributed by atoms with Crippen molar-refractivity contribution in [2.75, 3.05) is 7.11 Å². The van der Waals surface area contributed by atoms with E-state index in [1.165, 1.54) is 5.56 Å². The molecule has 1 aromatic rings. The molecule has 0 aliphatic carbocycles. The van der Waals surface area contributed by atoms with E-state index in [0.29, 0.717) is 0 Å². The molecule has 0 heterocycles. The molecule has 0 aliphatic heterocycles. The van der Waals surface area contributed by atoms with Crippen LogP contribution in [-0.4, -0.2) is 7.11 Å². The Hall–Kier alpha value is -1.24. The Morgan fingerprint density at radius 2 is 1.71 bits per heavy atom. The van der Waals surface area contributed by atoms with Gasteiger partial charge in [0.15, 0.2) is 0 Å². The smallest absolute Gasteiger partial charge is 0.118 e. The molecule has 0 fully saturated rings. The van der Waals surface area contributed by atoms with Gasteiger partial charge in [-0.15, -0.1) is 0 Å². The summed E-state index contributed by atoms with van der Waals surface area (Å²) in [5, 5.41) is 0. The van der Waals surface area contributed by atoms with Crippen molar-refractivity contribution in [3.8, 4) is 5.75 Å². The van der Waals surface area contributed by atoms with Crippen molar-refractivity contribution < 1.29 is 4.74 Å². The summed E-state index contributed by atoms with van der Waals surface area (Å²) in [5.41, 5.74) is 1.31. The Labute approximate surface area is 87.4 Å². The number of hydrogen-bond acceptors (Lipinski definition) is 1. The summed E-state index contributed by atoms with van der Waals surface area (Å²) in [4.78, 5) is 0. The topological polar surface area (TPSA) is 9.23 Å². The highest BCUT2D eigenvalue weighted by Gasteiger charge is 1.90. The van der Waals surface area contributed by atoms with Gasteiger partial charge in [0, 0.05) is 0 Å². The first-order chi connectivity index (χ1) is 6.86. The molecule has 1 heteroatoms. The average Bonchev–Trinajstić information content (AvgIpc) is 2.30. The van der Waals surface area contributed by atoms with Gasteiger partial charge in [-0.25, -0.2) is 0 Å². The van der Waals surface area contributed by atoms with Crippen LogP contribution in [0.2, 0.25) is 0 Å². The lowest BCUT2D eigenvalue weighted by Gasteiger charge is -1.99. The zero-order valence-corrected chi connectivity index (χ0v) is 9.58. The van der Waals surface area contributed by atoms with Gasteiger partial charge in [-0.3, -0.25) is 0 Å². The SMILES string of the molecule is C/C=C\Cc1ccc(OC)cc1.CC. The van der Waals surface area contributed by atoms with Crippen LogP contribution in [0.4, 0.5) is 0 Å². The van der Waals surface area contributed by atoms with Crippen LogP contribution < -0.4 is 4.74 Å². The van der Waals surface area contributed by atoms with Gasteiger partial charge in [0.1, 0.15) is 5.75 Å². The molecular formula is C13H20O. The van der Waals surface area contributed by atoms with E-state index in [1.54, 1.807) is 7.11 Å². The van der Waals surface area contributed by atoms with Crippen LogP contribution in [0.5, 0.6) is 5.75 Å². The molecular weight excluding hydrogens is 172 g/mol. The maximum atomic E-state index is 5.06. The van der Waals surface area contributed by atoms with Crippen LogP contribution in [0.15, 0.2) is 36.4 Å². The molecule has 0 radical (unpaired) electrons. The summed E-state index contributed by atoms with van der Waals surface area (Å²) >= 11 is 0. The number of benzene rings is 1. The maximum absolute atomic E-state index is 5.06. The molecule has 0 saturated carbocycles. The van der Waals surface area contributed by atoms with Gasteiger partial charge < -0.3 is 4.74 Å². The molecule has 0 N–H and O–H groups in total. The van der Waals surface area contributed by atoms with Gasteiger partial charge in [0.25, 0.3) is 0 Å². The van der Waals surface area contributed by atoms with Crippen LogP contribution in [-0.2, 0) is 6.42 Å². The molecule has 78 valence electrons. The van der Waals surface area contributed by atoms with Crippen molar-refractivity contribution in [2.24, 2.45) is 0 Å². The Bertz CT molecular complexity index is 246. The highest BCUT2D eigenvalue weighted by molar-refractivity contribution is 5.28. The number of hydrogen-bond donors (Lipinski definition) is 0. The van der Waals surface area contributed by atoms with Gasteiger partial charge in [0.2, 0.25) is 0 Å². The largest absolute Gasteiger partial charge is 0.497 e. The van der Waals surface area contributed by atoms with Crippen molar-refractivity contribution in [3.05, 3.63) is 42.0 Å². The standard InChI is InChI=1S/C11H14O.C2H6/c1-3-4-5-10-6-8-11(12-2)9-7-10;1-2/h3-4,6-9H,5H2,1-2H3;1-2H3/b4-3-;. The lowest BCUT2D eigenvalue weighted by atomic mass is 10.1. The lowest BCUT2D eigenvalue weighted by Crippen LogP contribution is -1.84. The molecule has 0 spiro atoms. The van der Waals surface area contributed by atoms with Crippen molar-refractivity contribution in [1.82, 2.24) is 0 Å². The molecule has 0 aliphatic rings. The van der Waals surface area contributed by atoms with Gasteiger partial charge in [0.05, 0.1) is 7.11 Å². The fourth-order valence-corrected chi connectivity index (χ4v) is 1.02. The normalized spacial score (nSPS) is 9.43. The number of methoxy groups -OCH3 is 1. The highest BCUT2D eigenvalue weighted by atomic mass is 16.5. The van der Waals surface area contributed by atoms with E-state index >= 15 is 0 Å². The fourth-order valence-electron chi connectivity index (χ4n) is 1.02.